The summed E-state index contributed by atoms with van der Waals surface area (Å²) < 4.78 is 5.23. The second kappa shape index (κ2) is 6.21. The quantitative estimate of drug-likeness (QED) is 0.788. The number of hydrogen-bond donors (Lipinski definition) is 1. The predicted molar refractivity (Wildman–Crippen MR) is 70.0 cm³/mol. The number of nitrogens with one attached hydrogen (secondary N) is 1. The maximum Gasteiger partial charge on any atom is 0.328 e. The number of carbonyl (C=O) groups excluding carboxylic acids is 2. The molecule has 1 aliphatic carbocycles. The van der Waals surface area contributed by atoms with E-state index in [0.29, 0.717) is 0 Å². The van der Waals surface area contributed by atoms with Gasteiger partial charge in [-0.15, -0.1) is 0 Å². The first-order valence-corrected chi connectivity index (χ1v) is 6.83. The standard InChI is InChI=1S/C14H25NO3/c1-10(13(17)18-14(2,3)4)15-12(16)11-8-6-5-7-9-11/h10-11H,5-9H2,1-4H3,(H,15,16)/t10-/m0/s1. The average molecular weight is 255 g/mol. The molecule has 4 heteroatoms. The minimum Gasteiger partial charge on any atom is -0.458 e. The summed E-state index contributed by atoms with van der Waals surface area (Å²) in [6.45, 7) is 7.14. The van der Waals surface area contributed by atoms with Crippen molar-refractivity contribution in [3.63, 3.8) is 0 Å². The number of esters is 1. The van der Waals surface area contributed by atoms with Crippen LogP contribution in [0.5, 0.6) is 0 Å². The lowest BCUT2D eigenvalue weighted by Gasteiger charge is -2.25. The molecule has 1 fully saturated rings. The summed E-state index contributed by atoms with van der Waals surface area (Å²) in [5, 5.41) is 2.76. The molecule has 1 amide bonds. The topological polar surface area (TPSA) is 55.4 Å². The fourth-order valence-electron chi connectivity index (χ4n) is 2.15. The number of hydrogen-bond acceptors (Lipinski definition) is 3. The van der Waals surface area contributed by atoms with E-state index in [0.717, 1.165) is 25.7 Å². The van der Waals surface area contributed by atoms with Gasteiger partial charge >= 0.3 is 5.97 Å². The van der Waals surface area contributed by atoms with E-state index >= 15 is 0 Å². The summed E-state index contributed by atoms with van der Waals surface area (Å²) in [7, 11) is 0. The molecule has 1 rings (SSSR count). The third-order valence-electron chi connectivity index (χ3n) is 3.10. The summed E-state index contributed by atoms with van der Waals surface area (Å²) in [4.78, 5) is 23.7. The molecule has 1 saturated carbocycles. The summed E-state index contributed by atoms with van der Waals surface area (Å²) >= 11 is 0. The summed E-state index contributed by atoms with van der Waals surface area (Å²) in [6, 6.07) is -0.571. The molecule has 0 aromatic heterocycles. The molecule has 0 aromatic rings. The maximum atomic E-state index is 12.0. The third kappa shape index (κ3) is 5.07. The Balaban J connectivity index is 2.41. The molecular weight excluding hydrogens is 230 g/mol. The summed E-state index contributed by atoms with van der Waals surface area (Å²) in [6.07, 6.45) is 5.31. The third-order valence-corrected chi connectivity index (χ3v) is 3.10. The molecule has 0 radical (unpaired) electrons. The van der Waals surface area contributed by atoms with Crippen LogP contribution in [-0.4, -0.2) is 23.5 Å². The van der Waals surface area contributed by atoms with Crippen molar-refractivity contribution in [1.29, 1.82) is 0 Å². The molecule has 0 heterocycles. The Morgan fingerprint density at radius 1 is 1.17 bits per heavy atom. The van der Waals surface area contributed by atoms with Gasteiger partial charge in [-0.05, 0) is 40.5 Å². The molecule has 0 saturated heterocycles. The van der Waals surface area contributed by atoms with Crippen molar-refractivity contribution in [2.45, 2.75) is 71.4 Å². The van der Waals surface area contributed by atoms with Gasteiger partial charge < -0.3 is 10.1 Å². The van der Waals surface area contributed by atoms with Crippen LogP contribution in [0.15, 0.2) is 0 Å². The molecule has 1 atom stereocenters. The number of ether oxygens (including phenoxy) is 1. The maximum absolute atomic E-state index is 12.0. The zero-order valence-corrected chi connectivity index (χ0v) is 11.9. The highest BCUT2D eigenvalue weighted by Crippen LogP contribution is 2.23. The normalized spacial score (nSPS) is 19.1. The number of carbonyl (C=O) groups is 2. The minimum absolute atomic E-state index is 0.00643. The lowest BCUT2D eigenvalue weighted by molar-refractivity contribution is -0.158. The van der Waals surface area contributed by atoms with E-state index in [1.54, 1.807) is 6.92 Å². The van der Waals surface area contributed by atoms with Gasteiger partial charge in [0.15, 0.2) is 0 Å². The zero-order chi connectivity index (χ0) is 13.8. The van der Waals surface area contributed by atoms with Crippen molar-refractivity contribution >= 4 is 11.9 Å². The van der Waals surface area contributed by atoms with Gasteiger partial charge in [0.2, 0.25) is 5.91 Å². The Bertz CT molecular complexity index is 301. The van der Waals surface area contributed by atoms with E-state index in [-0.39, 0.29) is 17.8 Å². The van der Waals surface area contributed by atoms with Crippen molar-refractivity contribution in [2.75, 3.05) is 0 Å². The summed E-state index contributed by atoms with van der Waals surface area (Å²) in [5.74, 6) is -0.302. The monoisotopic (exact) mass is 255 g/mol. The van der Waals surface area contributed by atoms with E-state index in [1.807, 2.05) is 20.8 Å². The second-order valence-electron chi connectivity index (χ2n) is 6.10. The van der Waals surface area contributed by atoms with Crippen LogP contribution in [0.4, 0.5) is 0 Å². The van der Waals surface area contributed by atoms with Crippen molar-refractivity contribution in [3.8, 4) is 0 Å². The first-order chi connectivity index (χ1) is 8.29. The Labute approximate surface area is 109 Å². The highest BCUT2D eigenvalue weighted by Gasteiger charge is 2.26. The van der Waals surface area contributed by atoms with Gasteiger partial charge in [0.25, 0.3) is 0 Å². The second-order valence-corrected chi connectivity index (χ2v) is 6.10. The molecule has 18 heavy (non-hydrogen) atoms. The average Bonchev–Trinajstić information content (AvgIpc) is 2.27. The Morgan fingerprint density at radius 2 is 1.72 bits per heavy atom. The summed E-state index contributed by atoms with van der Waals surface area (Å²) in [5.41, 5.74) is -0.513. The molecule has 0 spiro atoms. The van der Waals surface area contributed by atoms with Gasteiger partial charge in [-0.3, -0.25) is 4.79 Å². The lowest BCUT2D eigenvalue weighted by atomic mass is 9.88. The van der Waals surface area contributed by atoms with E-state index in [1.165, 1.54) is 6.42 Å². The lowest BCUT2D eigenvalue weighted by Crippen LogP contribution is -2.44. The Morgan fingerprint density at radius 3 is 2.22 bits per heavy atom. The van der Waals surface area contributed by atoms with Crippen molar-refractivity contribution in [3.05, 3.63) is 0 Å². The van der Waals surface area contributed by atoms with E-state index in [2.05, 4.69) is 5.32 Å². The number of amides is 1. The van der Waals surface area contributed by atoms with Crippen LogP contribution in [0.3, 0.4) is 0 Å². The first-order valence-electron chi connectivity index (χ1n) is 6.83. The smallest absolute Gasteiger partial charge is 0.328 e. The fraction of sp³-hybridized carbons (Fsp3) is 0.857. The van der Waals surface area contributed by atoms with Crippen molar-refractivity contribution in [1.82, 2.24) is 5.32 Å². The minimum atomic E-state index is -0.571. The highest BCUT2D eigenvalue weighted by atomic mass is 16.6. The first kappa shape index (κ1) is 15.0. The van der Waals surface area contributed by atoms with E-state index in [4.69, 9.17) is 4.74 Å². The van der Waals surface area contributed by atoms with Gasteiger partial charge in [0.1, 0.15) is 11.6 Å². The molecule has 104 valence electrons. The van der Waals surface area contributed by atoms with Crippen LogP contribution in [-0.2, 0) is 14.3 Å². The largest absolute Gasteiger partial charge is 0.458 e. The molecule has 1 aliphatic rings. The molecule has 0 unspecified atom stereocenters. The van der Waals surface area contributed by atoms with Crippen LogP contribution in [0, 0.1) is 5.92 Å². The molecule has 0 bridgehead atoms. The van der Waals surface area contributed by atoms with Crippen LogP contribution in [0.2, 0.25) is 0 Å². The molecule has 4 nitrogen and oxygen atoms in total. The van der Waals surface area contributed by atoms with Crippen molar-refractivity contribution < 1.29 is 14.3 Å². The van der Waals surface area contributed by atoms with Gasteiger partial charge in [0.05, 0.1) is 0 Å². The van der Waals surface area contributed by atoms with Crippen LogP contribution in [0.1, 0.15) is 59.8 Å². The predicted octanol–water partition coefficient (Wildman–Crippen LogP) is 2.41. The van der Waals surface area contributed by atoms with Gasteiger partial charge in [-0.1, -0.05) is 19.3 Å². The van der Waals surface area contributed by atoms with Crippen LogP contribution >= 0.6 is 0 Å². The van der Waals surface area contributed by atoms with Gasteiger partial charge in [0, 0.05) is 5.92 Å². The zero-order valence-electron chi connectivity index (χ0n) is 11.9. The Kier molecular flexibility index (Phi) is 5.17. The highest BCUT2D eigenvalue weighted by molar-refractivity contribution is 5.85. The molecular formula is C14H25NO3. The van der Waals surface area contributed by atoms with Crippen LogP contribution < -0.4 is 5.32 Å². The molecule has 0 aliphatic heterocycles. The SMILES string of the molecule is C[C@H](NC(=O)C1CCCCC1)C(=O)OC(C)(C)C. The number of rotatable bonds is 3. The molecule has 1 N–H and O–H groups in total. The van der Waals surface area contributed by atoms with Gasteiger partial charge in [-0.2, -0.15) is 0 Å². The van der Waals surface area contributed by atoms with E-state index < -0.39 is 11.6 Å². The Hall–Kier alpha value is -1.06. The van der Waals surface area contributed by atoms with Gasteiger partial charge in [-0.25, -0.2) is 4.79 Å². The fourth-order valence-corrected chi connectivity index (χ4v) is 2.15. The van der Waals surface area contributed by atoms with Crippen LogP contribution in [0.25, 0.3) is 0 Å². The van der Waals surface area contributed by atoms with Crippen molar-refractivity contribution in [2.24, 2.45) is 5.92 Å². The van der Waals surface area contributed by atoms with E-state index in [9.17, 15) is 9.59 Å². The molecule has 0 aromatic carbocycles.